The number of hydrogen-bond donors (Lipinski definition) is 1. The second-order valence-corrected chi connectivity index (χ2v) is 0.105. The molecule has 44 valence electrons. The third-order valence-corrected chi connectivity index (χ3v) is 0. The minimum absolute atomic E-state index is 0. The molecule has 0 fully saturated rings. The fraction of sp³-hybridized carbons (Fsp3) is 0. The van der Waals surface area contributed by atoms with Crippen molar-refractivity contribution in [3.8, 4) is 0 Å². The molecule has 0 heterocycles. The van der Waals surface area contributed by atoms with Crippen molar-refractivity contribution < 1.29 is 26.3 Å². The molecule has 7 N–H and O–H groups in total. The Labute approximate surface area is 62.6 Å². The van der Waals surface area contributed by atoms with E-state index in [1.165, 1.54) is 0 Å². The van der Waals surface area contributed by atoms with E-state index in [1.54, 1.807) is 0 Å². The second kappa shape index (κ2) is 99.7. The molecule has 0 radical (unpaired) electrons. The van der Waals surface area contributed by atoms with Crippen LogP contribution in [0.5, 0.6) is 0 Å². The first-order valence-electron chi connectivity index (χ1n) is 0.494. The van der Waals surface area contributed by atoms with E-state index in [0.29, 0.717) is 0 Å². The van der Waals surface area contributed by atoms with Crippen LogP contribution in [0.3, 0.4) is 0 Å². The Morgan fingerprint density at radius 2 is 1.14 bits per heavy atom. The van der Waals surface area contributed by atoms with Gasteiger partial charge in [0.15, 0.2) is 0 Å². The van der Waals surface area contributed by atoms with Gasteiger partial charge < -0.3 is 21.5 Å². The Bertz CT molecular complexity index is 15.6. The molecule has 0 atom stereocenters. The zero-order chi connectivity index (χ0) is 2.71. The summed E-state index contributed by atoms with van der Waals surface area (Å²) in [7, 11) is 0. The summed E-state index contributed by atoms with van der Waals surface area (Å²) in [6, 6.07) is 0. The number of carboxylic acid groups (broad SMARTS) is 1. The van der Waals surface area contributed by atoms with Crippen molar-refractivity contribution in [3.63, 3.8) is 0 Å². The molecule has 0 aromatic carbocycles. The van der Waals surface area contributed by atoms with Crippen LogP contribution in [0.4, 0.5) is 0 Å². The molecule has 0 saturated heterocycles. The summed E-state index contributed by atoms with van der Waals surface area (Å²) >= 11 is 0. The van der Waals surface area contributed by atoms with Gasteiger partial charge in [0.05, 0.1) is 0 Å². The molecule has 6 heteroatoms. The molecule has 0 aliphatic rings. The monoisotopic (exact) mass is 124 g/mol. The zero-order valence-corrected chi connectivity index (χ0v) is 2.93. The molecule has 0 unspecified atom stereocenters. The van der Waals surface area contributed by atoms with Gasteiger partial charge in [-0.2, -0.15) is 0 Å². The van der Waals surface area contributed by atoms with E-state index in [-0.39, 0.29) is 52.5 Å². The van der Waals surface area contributed by atoms with Crippen molar-refractivity contribution in [2.75, 3.05) is 0 Å². The molecule has 0 aromatic rings. The summed E-state index contributed by atoms with van der Waals surface area (Å²) in [4.78, 5) is 8.36. The van der Waals surface area contributed by atoms with E-state index in [9.17, 15) is 0 Å². The van der Waals surface area contributed by atoms with Gasteiger partial charge in [0.1, 0.15) is 0 Å². The first kappa shape index (κ1) is 53.7. The van der Waals surface area contributed by atoms with E-state index >= 15 is 0 Å². The van der Waals surface area contributed by atoms with Gasteiger partial charge in [-0.05, 0) is 0 Å². The van der Waals surface area contributed by atoms with E-state index in [1.807, 2.05) is 0 Å². The molecule has 7 heavy (non-hydrogen) atoms. The molecule has 0 rings (SSSR count). The maximum absolute atomic E-state index is 8.36. The summed E-state index contributed by atoms with van der Waals surface area (Å²) in [6.45, 7) is -0.250. The zero-order valence-electron chi connectivity index (χ0n) is 2.93. The topological polar surface area (TPSA) is 132 Å². The Kier molecular flexibility index (Phi) is 765. The van der Waals surface area contributed by atoms with Crippen molar-refractivity contribution in [1.82, 2.24) is 0 Å². The van der Waals surface area contributed by atoms with E-state index < -0.39 is 0 Å². The van der Waals surface area contributed by atoms with E-state index in [0.717, 1.165) is 0 Å². The van der Waals surface area contributed by atoms with Crippen LogP contribution < -0.4 is 0 Å². The molecule has 0 aromatic heterocycles. The van der Waals surface area contributed by atoms with E-state index in [4.69, 9.17) is 9.90 Å². The minimum atomic E-state index is -0.250. The van der Waals surface area contributed by atoms with Gasteiger partial charge in [-0.1, -0.05) is 0 Å². The van der Waals surface area contributed by atoms with Gasteiger partial charge in [-0.25, -0.2) is 0 Å². The standard InChI is InChI=1S/CH2O2.Na.3H2O.H/c2-1-3;;;;;/h1H,(H,2,3);;3*1H2;. The molecule has 0 spiro atoms. The average molecular weight is 124 g/mol. The molecule has 0 aliphatic heterocycles. The molecule has 0 amide bonds. The fourth-order valence-electron chi connectivity index (χ4n) is 0. The maximum atomic E-state index is 8.36. The van der Waals surface area contributed by atoms with Crippen LogP contribution in [0.15, 0.2) is 0 Å². The van der Waals surface area contributed by atoms with Crippen molar-refractivity contribution in [1.29, 1.82) is 0 Å². The summed E-state index contributed by atoms with van der Waals surface area (Å²) in [5.74, 6) is 0. The summed E-state index contributed by atoms with van der Waals surface area (Å²) in [6.07, 6.45) is 0. The summed E-state index contributed by atoms with van der Waals surface area (Å²) in [5.41, 5.74) is 0. The van der Waals surface area contributed by atoms with Crippen LogP contribution in [0.25, 0.3) is 0 Å². The van der Waals surface area contributed by atoms with E-state index in [2.05, 4.69) is 0 Å². The molecule has 0 bridgehead atoms. The second-order valence-electron chi connectivity index (χ2n) is 0.105. The Morgan fingerprint density at radius 1 is 1.14 bits per heavy atom. The molecular weight excluding hydrogens is 115 g/mol. The predicted molar refractivity (Wildman–Crippen MR) is 26.7 cm³/mol. The third-order valence-electron chi connectivity index (χ3n) is 0. The Hall–Kier alpha value is 0.350. The average Bonchev–Trinajstić information content (AvgIpc) is 0.918. The van der Waals surface area contributed by atoms with Gasteiger partial charge >= 0.3 is 29.6 Å². The predicted octanol–water partition coefficient (Wildman–Crippen LogP) is -3.42. The van der Waals surface area contributed by atoms with Crippen LogP contribution in [-0.2, 0) is 4.79 Å². The third kappa shape index (κ3) is 981. The fourth-order valence-corrected chi connectivity index (χ4v) is 0. The quantitative estimate of drug-likeness (QED) is 0.266. The van der Waals surface area contributed by atoms with Crippen LogP contribution >= 0.6 is 0 Å². The molecule has 0 aliphatic carbocycles. The summed E-state index contributed by atoms with van der Waals surface area (Å²) in [5, 5.41) is 6.89. The van der Waals surface area contributed by atoms with Crippen molar-refractivity contribution in [3.05, 3.63) is 0 Å². The number of carbonyl (C=O) groups is 1. The Balaban J connectivity index is -0.00000000333. The van der Waals surface area contributed by atoms with Gasteiger partial charge in [-0.3, -0.25) is 4.79 Å². The Morgan fingerprint density at radius 3 is 1.14 bits per heavy atom. The molecular formula is CH9NaO5. The van der Waals surface area contributed by atoms with Crippen LogP contribution in [0, 0.1) is 0 Å². The molecule has 0 saturated carbocycles. The van der Waals surface area contributed by atoms with Crippen LogP contribution in [0.1, 0.15) is 0 Å². The van der Waals surface area contributed by atoms with Crippen molar-refractivity contribution in [2.24, 2.45) is 0 Å². The van der Waals surface area contributed by atoms with Gasteiger partial charge in [0, 0.05) is 0 Å². The van der Waals surface area contributed by atoms with Crippen molar-refractivity contribution >= 4 is 36.0 Å². The van der Waals surface area contributed by atoms with Crippen LogP contribution in [0.2, 0.25) is 0 Å². The van der Waals surface area contributed by atoms with Gasteiger partial charge in [0.25, 0.3) is 6.47 Å². The normalized spacial score (nSPS) is 1.71. The van der Waals surface area contributed by atoms with Gasteiger partial charge in [0.2, 0.25) is 0 Å². The first-order valence-corrected chi connectivity index (χ1v) is 0.494. The first-order chi connectivity index (χ1) is 1.41. The molecule has 5 nitrogen and oxygen atoms in total. The van der Waals surface area contributed by atoms with Gasteiger partial charge in [-0.15, -0.1) is 0 Å². The number of rotatable bonds is 0. The number of hydrogen-bond acceptors (Lipinski definition) is 1. The SMILES string of the molecule is O.O.O.O=CO.[NaH]. The summed E-state index contributed by atoms with van der Waals surface area (Å²) < 4.78 is 0. The van der Waals surface area contributed by atoms with Crippen molar-refractivity contribution in [2.45, 2.75) is 0 Å². The van der Waals surface area contributed by atoms with Crippen LogP contribution in [-0.4, -0.2) is 57.6 Å².